The highest BCUT2D eigenvalue weighted by molar-refractivity contribution is 6.70. The smallest absolute Gasteiger partial charge is 0.276 e. The van der Waals surface area contributed by atoms with Crippen LogP contribution in [0.4, 0.5) is 0 Å². The number of nitrogens with zero attached hydrogens (tertiary/aromatic N) is 2. The second-order valence-corrected chi connectivity index (χ2v) is 6.89. The van der Waals surface area contributed by atoms with Crippen LogP contribution in [0.1, 0.15) is 59.5 Å². The molecule has 0 saturated heterocycles. The fourth-order valence-corrected chi connectivity index (χ4v) is 2.59. The molecule has 0 aliphatic heterocycles. The van der Waals surface area contributed by atoms with E-state index in [1.54, 1.807) is 0 Å². The van der Waals surface area contributed by atoms with E-state index in [4.69, 9.17) is 34.8 Å². The number of carbonyl (C=O) groups excluding carboxylic acids is 4. The highest BCUT2D eigenvalue weighted by Gasteiger charge is 2.13. The van der Waals surface area contributed by atoms with Gasteiger partial charge in [0.25, 0.3) is 21.6 Å². The Labute approximate surface area is 182 Å². The zero-order chi connectivity index (χ0) is 22.1. The van der Waals surface area contributed by atoms with E-state index < -0.39 is 15.7 Å². The van der Waals surface area contributed by atoms with Crippen LogP contribution in [-0.4, -0.2) is 28.2 Å². The zero-order valence-corrected chi connectivity index (χ0v) is 18.1. The van der Waals surface area contributed by atoms with E-state index >= 15 is 0 Å². The quantitative estimate of drug-likeness (QED) is 0.424. The monoisotopic (exact) mass is 454 g/mol. The van der Waals surface area contributed by atoms with Crippen molar-refractivity contribution in [1.29, 1.82) is 0 Å². The maximum absolute atomic E-state index is 11.4. The first-order valence-corrected chi connectivity index (χ1v) is 9.43. The Bertz CT molecular complexity index is 888. The maximum atomic E-state index is 11.4. The van der Waals surface area contributed by atoms with Crippen molar-refractivity contribution in [2.75, 3.05) is 6.54 Å². The summed E-state index contributed by atoms with van der Waals surface area (Å²) >= 11 is 15.6. The fraction of sp³-hybridized carbons (Fsp3) is 0.200. The number of aryl methyl sites for hydroxylation is 2. The molecule has 9 heteroatoms. The molecule has 0 bridgehead atoms. The van der Waals surface area contributed by atoms with Crippen LogP contribution >= 0.6 is 34.8 Å². The van der Waals surface area contributed by atoms with Crippen LogP contribution in [0.25, 0.3) is 0 Å². The molecule has 0 spiro atoms. The molecule has 0 aromatic heterocycles. The molecule has 0 saturated carbocycles. The summed E-state index contributed by atoms with van der Waals surface area (Å²) in [7, 11) is 0. The normalized spacial score (nSPS) is 10.3. The molecule has 0 heterocycles. The van der Waals surface area contributed by atoms with Crippen molar-refractivity contribution in [3.63, 3.8) is 0 Å². The van der Waals surface area contributed by atoms with E-state index in [0.29, 0.717) is 12.1 Å². The first-order chi connectivity index (χ1) is 13.5. The maximum Gasteiger partial charge on any atom is 0.295 e. The molecule has 2 rings (SSSR count). The van der Waals surface area contributed by atoms with E-state index in [9.17, 15) is 19.2 Å². The number of azo groups is 1. The lowest BCUT2D eigenvalue weighted by atomic mass is 10.1. The van der Waals surface area contributed by atoms with Crippen molar-refractivity contribution in [3.8, 4) is 0 Å². The second kappa shape index (κ2) is 11.6. The van der Waals surface area contributed by atoms with Gasteiger partial charge < -0.3 is 0 Å². The van der Waals surface area contributed by atoms with Crippen LogP contribution < -0.4 is 0 Å². The Morgan fingerprint density at radius 2 is 1.07 bits per heavy atom. The molecule has 0 fully saturated rings. The fourth-order valence-electron chi connectivity index (χ4n) is 2.26. The van der Waals surface area contributed by atoms with Gasteiger partial charge in [0.2, 0.25) is 0 Å². The average molecular weight is 456 g/mol. The highest BCUT2D eigenvalue weighted by Crippen LogP contribution is 2.16. The van der Waals surface area contributed by atoms with Crippen molar-refractivity contribution >= 4 is 56.4 Å². The van der Waals surface area contributed by atoms with Crippen molar-refractivity contribution in [2.45, 2.75) is 20.8 Å². The van der Waals surface area contributed by atoms with E-state index in [1.165, 1.54) is 18.2 Å². The lowest BCUT2D eigenvalue weighted by molar-refractivity contribution is 0.0991. The Morgan fingerprint density at radius 1 is 0.690 bits per heavy atom. The Balaban J connectivity index is 0.000000291. The summed E-state index contributed by atoms with van der Waals surface area (Å²) in [4.78, 5) is 44.0. The van der Waals surface area contributed by atoms with Crippen molar-refractivity contribution in [2.24, 2.45) is 10.2 Å². The first-order valence-electron chi connectivity index (χ1n) is 8.29. The molecule has 6 nitrogen and oxygen atoms in total. The number of carbonyl (C=O) groups is 4. The van der Waals surface area contributed by atoms with Gasteiger partial charge in [0.1, 0.15) is 0 Å². The van der Waals surface area contributed by atoms with Gasteiger partial charge in [-0.3, -0.25) is 19.2 Å². The third-order valence-corrected chi connectivity index (χ3v) is 4.04. The molecule has 0 aliphatic carbocycles. The summed E-state index contributed by atoms with van der Waals surface area (Å²) in [5, 5.41) is 4.87. The minimum absolute atomic E-state index is 0.00725. The number of halogens is 3. The molecule has 0 N–H and O–H groups in total. The van der Waals surface area contributed by atoms with Crippen LogP contribution in [0.2, 0.25) is 0 Å². The van der Waals surface area contributed by atoms with E-state index in [-0.39, 0.29) is 22.6 Å². The summed E-state index contributed by atoms with van der Waals surface area (Å²) in [5.41, 5.74) is 2.73. The minimum Gasteiger partial charge on any atom is -0.276 e. The molecule has 1 amide bonds. The van der Waals surface area contributed by atoms with E-state index in [1.807, 2.05) is 39.0 Å². The molecule has 0 aliphatic rings. The Hall–Kier alpha value is -2.41. The largest absolute Gasteiger partial charge is 0.295 e. The van der Waals surface area contributed by atoms with Gasteiger partial charge in [-0.1, -0.05) is 17.2 Å². The van der Waals surface area contributed by atoms with Gasteiger partial charge in [-0.05, 0) is 85.9 Å². The molecule has 0 radical (unpaired) electrons. The first kappa shape index (κ1) is 24.6. The molecule has 29 heavy (non-hydrogen) atoms. The standard InChI is InChI=1S/C11H14N2O.C9H3Cl3O3/c1-4-12-13-11(14)10-6-8(2)5-9(3)7-10;10-7(13)4-1-5(8(11)14)3-6(2-4)9(12)15/h5-7H,4H2,1-3H3;1-3H. The van der Waals surface area contributed by atoms with Crippen LogP contribution in [0.15, 0.2) is 46.6 Å². The van der Waals surface area contributed by atoms with Crippen LogP contribution in [0.5, 0.6) is 0 Å². The topological polar surface area (TPSA) is 93.0 Å². The molecule has 2 aromatic rings. The number of hydrogen-bond donors (Lipinski definition) is 0. The molecule has 0 unspecified atom stereocenters. The average Bonchev–Trinajstić information content (AvgIpc) is 2.65. The Kier molecular flexibility index (Phi) is 9.81. The van der Waals surface area contributed by atoms with Crippen molar-refractivity contribution in [1.82, 2.24) is 0 Å². The van der Waals surface area contributed by atoms with E-state index in [0.717, 1.165) is 11.1 Å². The van der Waals surface area contributed by atoms with Crippen molar-refractivity contribution < 1.29 is 19.2 Å². The SMILES string of the molecule is CCN=NC(=O)c1cc(C)cc(C)c1.O=C(Cl)c1cc(C(=O)Cl)cc(C(=O)Cl)c1. The molecule has 152 valence electrons. The van der Waals surface area contributed by atoms with E-state index in [2.05, 4.69) is 10.2 Å². The number of hydrogen-bond acceptors (Lipinski definition) is 5. The van der Waals surface area contributed by atoms with Gasteiger partial charge in [0.05, 0.1) is 6.54 Å². The zero-order valence-electron chi connectivity index (χ0n) is 15.8. The predicted molar refractivity (Wildman–Crippen MR) is 113 cm³/mol. The Morgan fingerprint density at radius 3 is 1.38 bits per heavy atom. The lowest BCUT2D eigenvalue weighted by Crippen LogP contribution is -2.00. The van der Waals surface area contributed by atoms with Gasteiger partial charge in [0, 0.05) is 22.3 Å². The van der Waals surface area contributed by atoms with Gasteiger partial charge in [-0.15, -0.1) is 5.11 Å². The summed E-state index contributed by atoms with van der Waals surface area (Å²) in [6.07, 6.45) is 0. The van der Waals surface area contributed by atoms with Gasteiger partial charge >= 0.3 is 0 Å². The van der Waals surface area contributed by atoms with Crippen LogP contribution in [0, 0.1) is 13.8 Å². The summed E-state index contributed by atoms with van der Waals surface area (Å²) < 4.78 is 0. The summed E-state index contributed by atoms with van der Waals surface area (Å²) in [6.45, 7) is 6.30. The molecule has 2 aromatic carbocycles. The second-order valence-electron chi connectivity index (χ2n) is 5.86. The van der Waals surface area contributed by atoms with Gasteiger partial charge in [0.15, 0.2) is 0 Å². The lowest BCUT2D eigenvalue weighted by Gasteiger charge is -2.00. The molecule has 0 atom stereocenters. The minimum atomic E-state index is -0.797. The van der Waals surface area contributed by atoms with Crippen LogP contribution in [-0.2, 0) is 0 Å². The number of rotatable bonds is 5. The van der Waals surface area contributed by atoms with Crippen molar-refractivity contribution in [3.05, 3.63) is 69.8 Å². The third kappa shape index (κ3) is 8.23. The number of benzene rings is 2. The predicted octanol–water partition coefficient (Wildman–Crippen LogP) is 5.74. The van der Waals surface area contributed by atoms with Gasteiger partial charge in [-0.2, -0.15) is 5.11 Å². The molecular formula is C20H17Cl3N2O4. The van der Waals surface area contributed by atoms with Crippen LogP contribution in [0.3, 0.4) is 0 Å². The van der Waals surface area contributed by atoms with Gasteiger partial charge in [-0.25, -0.2) is 0 Å². The highest BCUT2D eigenvalue weighted by atomic mass is 35.5. The molecular weight excluding hydrogens is 439 g/mol. The number of amides is 1. The summed E-state index contributed by atoms with van der Waals surface area (Å²) in [5.74, 6) is -0.265. The third-order valence-electron chi connectivity index (χ3n) is 3.39. The summed E-state index contributed by atoms with van der Waals surface area (Å²) in [6, 6.07) is 9.23.